The number of rotatable bonds is 9. The van der Waals surface area contributed by atoms with Gasteiger partial charge in [0, 0.05) is 25.3 Å². The van der Waals surface area contributed by atoms with E-state index >= 15 is 0 Å². The first-order valence-corrected chi connectivity index (χ1v) is 5.94. The van der Waals surface area contributed by atoms with Crippen LogP contribution in [-0.4, -0.2) is 37.4 Å². The smallest absolute Gasteiger partial charge is 0.331 e. The van der Waals surface area contributed by atoms with Gasteiger partial charge in [0.05, 0.1) is 6.61 Å². The second-order valence-electron chi connectivity index (χ2n) is 4.11. The van der Waals surface area contributed by atoms with E-state index in [4.69, 9.17) is 9.84 Å². The van der Waals surface area contributed by atoms with Crippen molar-refractivity contribution in [2.24, 2.45) is 5.92 Å². The highest BCUT2D eigenvalue weighted by atomic mass is 16.5. The first-order chi connectivity index (χ1) is 7.74. The Kier molecular flexibility index (Phi) is 6.11. The molecule has 0 saturated heterocycles. The van der Waals surface area contributed by atoms with E-state index in [9.17, 15) is 4.79 Å². The average molecular weight is 227 g/mol. The summed E-state index contributed by atoms with van der Waals surface area (Å²) in [6.45, 7) is 4.81. The SMILES string of the molecule is CCC(=CCNCCOCC1CC1)C(=O)O. The van der Waals surface area contributed by atoms with Gasteiger partial charge in [-0.25, -0.2) is 4.79 Å². The Morgan fingerprint density at radius 1 is 1.56 bits per heavy atom. The molecule has 4 heteroatoms. The standard InChI is InChI=1S/C12H21NO3/c1-2-11(12(14)15)5-6-13-7-8-16-9-10-3-4-10/h5,10,13H,2-4,6-9H2,1H3,(H,14,15). The van der Waals surface area contributed by atoms with Crippen molar-refractivity contribution < 1.29 is 14.6 Å². The molecule has 4 nitrogen and oxygen atoms in total. The molecular formula is C12H21NO3. The molecular weight excluding hydrogens is 206 g/mol. The predicted molar refractivity (Wildman–Crippen MR) is 62.4 cm³/mol. The van der Waals surface area contributed by atoms with Crippen LogP contribution in [0.1, 0.15) is 26.2 Å². The Morgan fingerprint density at radius 3 is 2.88 bits per heavy atom. The summed E-state index contributed by atoms with van der Waals surface area (Å²) in [5.41, 5.74) is 0.464. The molecule has 0 atom stereocenters. The highest BCUT2D eigenvalue weighted by Crippen LogP contribution is 2.28. The van der Waals surface area contributed by atoms with E-state index in [2.05, 4.69) is 5.32 Å². The Labute approximate surface area is 96.7 Å². The van der Waals surface area contributed by atoms with Gasteiger partial charge in [0.15, 0.2) is 0 Å². The van der Waals surface area contributed by atoms with Crippen molar-refractivity contribution in [3.05, 3.63) is 11.6 Å². The van der Waals surface area contributed by atoms with Crippen molar-refractivity contribution in [2.45, 2.75) is 26.2 Å². The molecule has 0 aliphatic heterocycles. The van der Waals surface area contributed by atoms with E-state index in [1.54, 1.807) is 6.08 Å². The lowest BCUT2D eigenvalue weighted by molar-refractivity contribution is -0.132. The van der Waals surface area contributed by atoms with Gasteiger partial charge >= 0.3 is 5.97 Å². The number of hydrogen-bond donors (Lipinski definition) is 2. The molecule has 0 aromatic carbocycles. The number of nitrogens with one attached hydrogen (secondary N) is 1. The van der Waals surface area contributed by atoms with Crippen molar-refractivity contribution in [1.29, 1.82) is 0 Å². The molecule has 1 aliphatic rings. The molecule has 0 bridgehead atoms. The fraction of sp³-hybridized carbons (Fsp3) is 0.750. The number of ether oxygens (including phenoxy) is 1. The van der Waals surface area contributed by atoms with E-state index in [-0.39, 0.29) is 0 Å². The second-order valence-corrected chi connectivity index (χ2v) is 4.11. The average Bonchev–Trinajstić information content (AvgIpc) is 3.05. The van der Waals surface area contributed by atoms with E-state index in [1.165, 1.54) is 12.8 Å². The third kappa shape index (κ3) is 5.88. The van der Waals surface area contributed by atoms with Crippen LogP contribution in [0.3, 0.4) is 0 Å². The van der Waals surface area contributed by atoms with Gasteiger partial charge in [-0.1, -0.05) is 13.0 Å². The van der Waals surface area contributed by atoms with Gasteiger partial charge in [-0.3, -0.25) is 0 Å². The number of carboxylic acids is 1. The minimum absolute atomic E-state index is 0.464. The molecule has 0 unspecified atom stereocenters. The molecule has 16 heavy (non-hydrogen) atoms. The third-order valence-corrected chi connectivity index (χ3v) is 2.62. The first kappa shape index (κ1) is 13.2. The van der Waals surface area contributed by atoms with E-state index in [0.717, 1.165) is 19.1 Å². The predicted octanol–water partition coefficient (Wildman–Crippen LogP) is 1.42. The fourth-order valence-corrected chi connectivity index (χ4v) is 1.36. The lowest BCUT2D eigenvalue weighted by Crippen LogP contribution is -2.21. The van der Waals surface area contributed by atoms with Gasteiger partial charge in [0.25, 0.3) is 0 Å². The summed E-state index contributed by atoms with van der Waals surface area (Å²) >= 11 is 0. The summed E-state index contributed by atoms with van der Waals surface area (Å²) in [5.74, 6) is -0.0205. The second kappa shape index (κ2) is 7.41. The van der Waals surface area contributed by atoms with Crippen LogP contribution in [0.4, 0.5) is 0 Å². The van der Waals surface area contributed by atoms with Gasteiger partial charge in [0.2, 0.25) is 0 Å². The zero-order valence-electron chi connectivity index (χ0n) is 9.87. The van der Waals surface area contributed by atoms with Crippen LogP contribution in [0, 0.1) is 5.92 Å². The topological polar surface area (TPSA) is 58.6 Å². The minimum atomic E-state index is -0.825. The summed E-state index contributed by atoms with van der Waals surface area (Å²) in [6.07, 6.45) is 4.92. The molecule has 0 heterocycles. The van der Waals surface area contributed by atoms with Crippen LogP contribution in [0.2, 0.25) is 0 Å². The van der Waals surface area contributed by atoms with Gasteiger partial charge < -0.3 is 15.2 Å². The monoisotopic (exact) mass is 227 g/mol. The zero-order chi connectivity index (χ0) is 11.8. The van der Waals surface area contributed by atoms with Crippen LogP contribution in [-0.2, 0) is 9.53 Å². The molecule has 1 aliphatic carbocycles. The molecule has 1 rings (SSSR count). The van der Waals surface area contributed by atoms with E-state index in [1.807, 2.05) is 6.92 Å². The van der Waals surface area contributed by atoms with Gasteiger partial charge in [-0.15, -0.1) is 0 Å². The Morgan fingerprint density at radius 2 is 2.31 bits per heavy atom. The number of carboxylic acid groups (broad SMARTS) is 1. The summed E-state index contributed by atoms with van der Waals surface area (Å²) in [6, 6.07) is 0. The summed E-state index contributed by atoms with van der Waals surface area (Å²) in [4.78, 5) is 10.7. The number of aliphatic carboxylic acids is 1. The van der Waals surface area contributed by atoms with Crippen molar-refractivity contribution >= 4 is 5.97 Å². The van der Waals surface area contributed by atoms with Crippen LogP contribution >= 0.6 is 0 Å². The lowest BCUT2D eigenvalue weighted by atomic mass is 10.2. The van der Waals surface area contributed by atoms with Gasteiger partial charge in [0.1, 0.15) is 0 Å². The van der Waals surface area contributed by atoms with Crippen LogP contribution in [0.15, 0.2) is 11.6 Å². The maximum atomic E-state index is 10.7. The Hall–Kier alpha value is -0.870. The summed E-state index contributed by atoms with van der Waals surface area (Å²) in [7, 11) is 0. The minimum Gasteiger partial charge on any atom is -0.478 e. The number of hydrogen-bond acceptors (Lipinski definition) is 3. The molecule has 0 aromatic rings. The van der Waals surface area contributed by atoms with Crippen LogP contribution < -0.4 is 5.32 Å². The van der Waals surface area contributed by atoms with Crippen molar-refractivity contribution in [2.75, 3.05) is 26.3 Å². The van der Waals surface area contributed by atoms with Gasteiger partial charge in [-0.05, 0) is 25.2 Å². The van der Waals surface area contributed by atoms with Crippen molar-refractivity contribution in [1.82, 2.24) is 5.32 Å². The third-order valence-electron chi connectivity index (χ3n) is 2.62. The Bertz CT molecular complexity index is 247. The zero-order valence-corrected chi connectivity index (χ0v) is 9.87. The molecule has 1 fully saturated rings. The molecule has 0 spiro atoms. The van der Waals surface area contributed by atoms with E-state index in [0.29, 0.717) is 25.1 Å². The first-order valence-electron chi connectivity index (χ1n) is 5.94. The van der Waals surface area contributed by atoms with Crippen LogP contribution in [0.5, 0.6) is 0 Å². The molecule has 1 saturated carbocycles. The maximum Gasteiger partial charge on any atom is 0.331 e. The number of carbonyl (C=O) groups is 1. The van der Waals surface area contributed by atoms with E-state index < -0.39 is 5.97 Å². The van der Waals surface area contributed by atoms with Crippen molar-refractivity contribution in [3.8, 4) is 0 Å². The molecule has 0 radical (unpaired) electrons. The maximum absolute atomic E-state index is 10.7. The van der Waals surface area contributed by atoms with Crippen LogP contribution in [0.25, 0.3) is 0 Å². The highest BCUT2D eigenvalue weighted by Gasteiger charge is 2.20. The van der Waals surface area contributed by atoms with Crippen molar-refractivity contribution in [3.63, 3.8) is 0 Å². The molecule has 0 amide bonds. The normalized spacial score (nSPS) is 16.4. The molecule has 2 N–H and O–H groups in total. The quantitative estimate of drug-likeness (QED) is 0.462. The Balaban J connectivity index is 1.94. The van der Waals surface area contributed by atoms with Gasteiger partial charge in [-0.2, -0.15) is 0 Å². The summed E-state index contributed by atoms with van der Waals surface area (Å²) < 4.78 is 5.44. The fourth-order valence-electron chi connectivity index (χ4n) is 1.36. The summed E-state index contributed by atoms with van der Waals surface area (Å²) in [5, 5.41) is 11.9. The highest BCUT2D eigenvalue weighted by molar-refractivity contribution is 5.86. The lowest BCUT2D eigenvalue weighted by Gasteiger charge is -2.04. The molecule has 0 aromatic heterocycles. The molecule has 92 valence electrons. The largest absolute Gasteiger partial charge is 0.478 e.